The summed E-state index contributed by atoms with van der Waals surface area (Å²) < 4.78 is 15.7. The molecule has 1 aromatic carbocycles. The molecule has 168 valence electrons. The number of methoxy groups -OCH3 is 2. The number of hydrogen-bond donors (Lipinski definition) is 1. The second kappa shape index (κ2) is 10.8. The van der Waals surface area contributed by atoms with Crippen LogP contribution in [0, 0.1) is 10.1 Å². The fourth-order valence-electron chi connectivity index (χ4n) is 3.45. The Morgan fingerprint density at radius 1 is 1.10 bits per heavy atom. The number of ether oxygens (including phenoxy) is 3. The zero-order valence-corrected chi connectivity index (χ0v) is 18.6. The Morgan fingerprint density at radius 3 is 2.16 bits per heavy atom. The van der Waals surface area contributed by atoms with Crippen LogP contribution in [-0.2, 0) is 19.1 Å². The molecule has 31 heavy (non-hydrogen) atoms. The predicted octanol–water partition coefficient (Wildman–Crippen LogP) is 3.57. The molecule has 1 aliphatic heterocycles. The summed E-state index contributed by atoms with van der Waals surface area (Å²) in [6, 6.07) is 4.08. The SMILES string of the molecule is COC(=O)C1=C(C)NC(C)=C(C(=O)OC)C1c1cc([N+](=O)[O-])ccc1OCCCCCl. The molecule has 1 heterocycles. The van der Waals surface area contributed by atoms with E-state index in [1.807, 2.05) is 0 Å². The molecule has 1 aromatic rings. The van der Waals surface area contributed by atoms with Gasteiger partial charge in [-0.15, -0.1) is 11.6 Å². The summed E-state index contributed by atoms with van der Waals surface area (Å²) in [4.78, 5) is 36.2. The lowest BCUT2D eigenvalue weighted by Crippen LogP contribution is -2.32. The van der Waals surface area contributed by atoms with Crippen LogP contribution < -0.4 is 10.1 Å². The zero-order chi connectivity index (χ0) is 23.1. The number of carbonyl (C=O) groups is 2. The third-order valence-electron chi connectivity index (χ3n) is 4.87. The molecule has 1 N–H and O–H groups in total. The first-order valence-corrected chi connectivity index (χ1v) is 10.1. The Bertz CT molecular complexity index is 902. The summed E-state index contributed by atoms with van der Waals surface area (Å²) >= 11 is 5.71. The van der Waals surface area contributed by atoms with Gasteiger partial charge in [-0.2, -0.15) is 0 Å². The number of carbonyl (C=O) groups excluding carboxylic acids is 2. The molecule has 1 aliphatic rings. The number of nitro benzene ring substituents is 1. The van der Waals surface area contributed by atoms with Crippen LogP contribution in [0.4, 0.5) is 5.69 Å². The number of nitro groups is 1. The number of halogens is 1. The average Bonchev–Trinajstić information content (AvgIpc) is 2.75. The van der Waals surface area contributed by atoms with Gasteiger partial charge in [0.25, 0.3) is 5.69 Å². The van der Waals surface area contributed by atoms with E-state index in [9.17, 15) is 19.7 Å². The fourth-order valence-corrected chi connectivity index (χ4v) is 3.64. The summed E-state index contributed by atoms with van der Waals surface area (Å²) in [5.41, 5.74) is 1.29. The van der Waals surface area contributed by atoms with Crippen molar-refractivity contribution in [3.8, 4) is 5.75 Å². The second-order valence-corrected chi connectivity index (χ2v) is 7.22. The smallest absolute Gasteiger partial charge is 0.336 e. The van der Waals surface area contributed by atoms with Crippen LogP contribution in [0.25, 0.3) is 0 Å². The third-order valence-corrected chi connectivity index (χ3v) is 5.14. The highest BCUT2D eigenvalue weighted by Gasteiger charge is 2.39. The highest BCUT2D eigenvalue weighted by Crippen LogP contribution is 2.44. The van der Waals surface area contributed by atoms with Crippen molar-refractivity contribution < 1.29 is 28.7 Å². The van der Waals surface area contributed by atoms with Gasteiger partial charge in [0.15, 0.2) is 0 Å². The number of nitrogens with zero attached hydrogens (tertiary/aromatic N) is 1. The third kappa shape index (κ3) is 5.35. The van der Waals surface area contributed by atoms with E-state index < -0.39 is 22.8 Å². The molecule has 0 atom stereocenters. The number of dihydropyridines is 1. The zero-order valence-electron chi connectivity index (χ0n) is 17.8. The molecule has 0 aliphatic carbocycles. The van der Waals surface area contributed by atoms with Gasteiger partial charge >= 0.3 is 11.9 Å². The maximum atomic E-state index is 12.7. The standard InChI is InChI=1S/C21H25ClN2O7/c1-12-17(20(25)29-3)19(18(13(2)23-12)21(26)30-4)15-11-14(24(27)28)7-8-16(15)31-10-6-5-9-22/h7-8,11,19,23H,5-6,9-10H2,1-4H3. The van der Waals surface area contributed by atoms with Gasteiger partial charge in [0.1, 0.15) is 5.75 Å². The van der Waals surface area contributed by atoms with Gasteiger partial charge in [-0.05, 0) is 32.8 Å². The minimum absolute atomic E-state index is 0.139. The van der Waals surface area contributed by atoms with Crippen LogP contribution in [0.15, 0.2) is 40.7 Å². The molecule has 0 spiro atoms. The Hall–Kier alpha value is -3.07. The van der Waals surface area contributed by atoms with Crippen molar-refractivity contribution in [2.45, 2.75) is 32.6 Å². The van der Waals surface area contributed by atoms with E-state index in [1.165, 1.54) is 32.4 Å². The van der Waals surface area contributed by atoms with Crippen LogP contribution >= 0.6 is 11.6 Å². The maximum Gasteiger partial charge on any atom is 0.336 e. The van der Waals surface area contributed by atoms with Crippen molar-refractivity contribution in [3.63, 3.8) is 0 Å². The number of hydrogen-bond acceptors (Lipinski definition) is 8. The molecule has 0 fully saturated rings. The molecule has 0 saturated carbocycles. The Labute approximate surface area is 185 Å². The van der Waals surface area contributed by atoms with Gasteiger partial charge in [-0.25, -0.2) is 9.59 Å². The van der Waals surface area contributed by atoms with Gasteiger partial charge < -0.3 is 19.5 Å². The number of allylic oxidation sites excluding steroid dienone is 2. The minimum atomic E-state index is -0.982. The Balaban J connectivity index is 2.72. The topological polar surface area (TPSA) is 117 Å². The maximum absolute atomic E-state index is 12.7. The summed E-state index contributed by atoms with van der Waals surface area (Å²) in [7, 11) is 2.44. The monoisotopic (exact) mass is 452 g/mol. The molecule has 0 bridgehead atoms. The number of rotatable bonds is 9. The van der Waals surface area contributed by atoms with Gasteiger partial charge in [0.05, 0.1) is 42.8 Å². The molecule has 0 radical (unpaired) electrons. The molecular formula is C21H25ClN2O7. The van der Waals surface area contributed by atoms with Gasteiger partial charge in [-0.3, -0.25) is 10.1 Å². The first-order valence-electron chi connectivity index (χ1n) is 9.59. The molecule has 10 heteroatoms. The van der Waals surface area contributed by atoms with E-state index in [1.54, 1.807) is 13.8 Å². The van der Waals surface area contributed by atoms with E-state index in [-0.39, 0.29) is 16.8 Å². The molecular weight excluding hydrogens is 428 g/mol. The van der Waals surface area contributed by atoms with Crippen molar-refractivity contribution in [2.24, 2.45) is 0 Å². The highest BCUT2D eigenvalue weighted by molar-refractivity contribution is 6.17. The van der Waals surface area contributed by atoms with Crippen LogP contribution in [0.2, 0.25) is 0 Å². The molecule has 0 aromatic heterocycles. The van der Waals surface area contributed by atoms with Crippen LogP contribution in [0.3, 0.4) is 0 Å². The highest BCUT2D eigenvalue weighted by atomic mass is 35.5. The van der Waals surface area contributed by atoms with Crippen molar-refractivity contribution in [3.05, 3.63) is 56.4 Å². The Kier molecular flexibility index (Phi) is 8.44. The van der Waals surface area contributed by atoms with Crippen molar-refractivity contribution in [2.75, 3.05) is 26.7 Å². The Morgan fingerprint density at radius 2 is 1.68 bits per heavy atom. The molecule has 9 nitrogen and oxygen atoms in total. The van der Waals surface area contributed by atoms with Crippen LogP contribution in [-0.4, -0.2) is 43.6 Å². The fraction of sp³-hybridized carbons (Fsp3) is 0.429. The van der Waals surface area contributed by atoms with E-state index in [0.717, 1.165) is 6.42 Å². The average molecular weight is 453 g/mol. The van der Waals surface area contributed by atoms with E-state index in [2.05, 4.69) is 5.32 Å². The molecule has 0 saturated heterocycles. The first kappa shape index (κ1) is 24.2. The van der Waals surface area contributed by atoms with Crippen LogP contribution in [0.1, 0.15) is 38.2 Å². The van der Waals surface area contributed by atoms with E-state index >= 15 is 0 Å². The summed E-state index contributed by atoms with van der Waals surface area (Å²) in [6.45, 7) is 3.64. The molecule has 2 rings (SSSR count). The number of nitrogens with one attached hydrogen (secondary N) is 1. The van der Waals surface area contributed by atoms with Gasteiger partial charge in [-0.1, -0.05) is 0 Å². The van der Waals surface area contributed by atoms with Gasteiger partial charge in [0, 0.05) is 35.0 Å². The first-order chi connectivity index (χ1) is 14.8. The molecule has 0 amide bonds. The number of benzene rings is 1. The van der Waals surface area contributed by atoms with Crippen LogP contribution in [0.5, 0.6) is 5.75 Å². The lowest BCUT2D eigenvalue weighted by Gasteiger charge is -2.30. The quantitative estimate of drug-likeness (QED) is 0.199. The van der Waals surface area contributed by atoms with E-state index in [0.29, 0.717) is 41.6 Å². The van der Waals surface area contributed by atoms with E-state index in [4.69, 9.17) is 25.8 Å². The van der Waals surface area contributed by atoms with Crippen molar-refractivity contribution in [1.29, 1.82) is 0 Å². The number of unbranched alkanes of at least 4 members (excludes halogenated alkanes) is 1. The van der Waals surface area contributed by atoms with Gasteiger partial charge in [0.2, 0.25) is 0 Å². The van der Waals surface area contributed by atoms with Crippen molar-refractivity contribution >= 4 is 29.2 Å². The lowest BCUT2D eigenvalue weighted by atomic mass is 9.80. The minimum Gasteiger partial charge on any atom is -0.493 e. The number of alkyl halides is 1. The number of esters is 2. The second-order valence-electron chi connectivity index (χ2n) is 6.84. The normalized spacial score (nSPS) is 14.2. The summed E-state index contributed by atoms with van der Waals surface area (Å²) in [5.74, 6) is -1.54. The lowest BCUT2D eigenvalue weighted by molar-refractivity contribution is -0.384. The summed E-state index contributed by atoms with van der Waals surface area (Å²) in [6.07, 6.45) is 1.40. The van der Waals surface area contributed by atoms with Crippen molar-refractivity contribution in [1.82, 2.24) is 5.32 Å². The predicted molar refractivity (Wildman–Crippen MR) is 114 cm³/mol. The number of non-ortho nitro benzene ring substituents is 1. The largest absolute Gasteiger partial charge is 0.493 e. The molecule has 0 unspecified atom stereocenters. The summed E-state index contributed by atoms with van der Waals surface area (Å²) in [5, 5.41) is 14.4.